The van der Waals surface area contributed by atoms with E-state index in [1.165, 1.54) is 5.56 Å². The largest absolute Gasteiger partial charge is 0.325 e. The Morgan fingerprint density at radius 3 is 2.59 bits per heavy atom. The third kappa shape index (κ3) is 2.70. The van der Waals surface area contributed by atoms with Crippen molar-refractivity contribution in [3.8, 4) is 11.4 Å². The van der Waals surface area contributed by atoms with Gasteiger partial charge in [-0.15, -0.1) is 0 Å². The summed E-state index contributed by atoms with van der Waals surface area (Å²) in [5.41, 5.74) is 9.62. The van der Waals surface area contributed by atoms with E-state index in [0.29, 0.717) is 6.54 Å². The number of nitrogens with zero attached hydrogens (tertiary/aromatic N) is 2. The molecule has 0 aliphatic heterocycles. The van der Waals surface area contributed by atoms with Crippen molar-refractivity contribution in [2.45, 2.75) is 20.4 Å². The molecular formula is C13H14BrN3. The van der Waals surface area contributed by atoms with Gasteiger partial charge in [-0.05, 0) is 31.5 Å². The molecule has 1 aromatic carbocycles. The van der Waals surface area contributed by atoms with Crippen LogP contribution >= 0.6 is 15.9 Å². The minimum absolute atomic E-state index is 0.434. The van der Waals surface area contributed by atoms with Crippen LogP contribution in [0.15, 0.2) is 28.7 Å². The highest BCUT2D eigenvalue weighted by molar-refractivity contribution is 9.10. The molecule has 0 aliphatic rings. The summed E-state index contributed by atoms with van der Waals surface area (Å²) in [4.78, 5) is 8.87. The van der Waals surface area contributed by atoms with Crippen molar-refractivity contribution in [3.63, 3.8) is 0 Å². The number of aryl methyl sites for hydroxylation is 2. The van der Waals surface area contributed by atoms with Gasteiger partial charge in [-0.3, -0.25) is 0 Å². The average Bonchev–Trinajstić information content (AvgIpc) is 2.32. The topological polar surface area (TPSA) is 51.8 Å². The third-order valence-corrected chi connectivity index (χ3v) is 3.40. The highest BCUT2D eigenvalue weighted by atomic mass is 79.9. The van der Waals surface area contributed by atoms with Gasteiger partial charge in [-0.2, -0.15) is 0 Å². The van der Waals surface area contributed by atoms with Gasteiger partial charge in [-0.25, -0.2) is 9.97 Å². The molecule has 2 N–H and O–H groups in total. The molecule has 0 bridgehead atoms. The van der Waals surface area contributed by atoms with Gasteiger partial charge < -0.3 is 5.73 Å². The van der Waals surface area contributed by atoms with E-state index in [1.807, 2.05) is 31.2 Å². The number of hydrogen-bond donors (Lipinski definition) is 1. The van der Waals surface area contributed by atoms with Gasteiger partial charge in [-0.1, -0.05) is 28.1 Å². The maximum absolute atomic E-state index is 5.62. The first-order chi connectivity index (χ1) is 8.10. The zero-order chi connectivity index (χ0) is 12.4. The zero-order valence-corrected chi connectivity index (χ0v) is 11.5. The van der Waals surface area contributed by atoms with Crippen LogP contribution in [0.2, 0.25) is 0 Å². The fourth-order valence-corrected chi connectivity index (χ4v) is 1.98. The lowest BCUT2D eigenvalue weighted by molar-refractivity contribution is 0.953. The Bertz CT molecular complexity index is 552. The van der Waals surface area contributed by atoms with E-state index in [9.17, 15) is 0 Å². The van der Waals surface area contributed by atoms with E-state index in [2.05, 4.69) is 32.8 Å². The maximum atomic E-state index is 5.62. The Balaban J connectivity index is 2.52. The molecule has 88 valence electrons. The number of aromatic nitrogens is 2. The van der Waals surface area contributed by atoms with Gasteiger partial charge in [0.2, 0.25) is 0 Å². The standard InChI is InChI=1S/C13H14BrN3/c1-8-3-4-10(6-12(8)14)13-16-9(2)5-11(7-15)17-13/h3-6H,7,15H2,1-2H3. The summed E-state index contributed by atoms with van der Waals surface area (Å²) in [6.45, 7) is 4.44. The van der Waals surface area contributed by atoms with Gasteiger partial charge in [0, 0.05) is 22.3 Å². The van der Waals surface area contributed by atoms with Crippen LogP contribution in [0, 0.1) is 13.8 Å². The van der Waals surface area contributed by atoms with E-state index in [4.69, 9.17) is 5.73 Å². The minimum atomic E-state index is 0.434. The predicted molar refractivity (Wildman–Crippen MR) is 72.5 cm³/mol. The van der Waals surface area contributed by atoms with E-state index < -0.39 is 0 Å². The summed E-state index contributed by atoms with van der Waals surface area (Å²) in [6.07, 6.45) is 0. The Kier molecular flexibility index (Phi) is 3.54. The Hall–Kier alpha value is -1.26. The smallest absolute Gasteiger partial charge is 0.159 e. The van der Waals surface area contributed by atoms with Crippen LogP contribution in [0.25, 0.3) is 11.4 Å². The van der Waals surface area contributed by atoms with E-state index >= 15 is 0 Å². The summed E-state index contributed by atoms with van der Waals surface area (Å²) in [5, 5.41) is 0. The molecule has 17 heavy (non-hydrogen) atoms. The first kappa shape index (κ1) is 12.2. The molecular weight excluding hydrogens is 278 g/mol. The molecule has 2 aromatic rings. The number of rotatable bonds is 2. The fraction of sp³-hybridized carbons (Fsp3) is 0.231. The van der Waals surface area contributed by atoms with Gasteiger partial charge >= 0.3 is 0 Å². The van der Waals surface area contributed by atoms with Crippen molar-refractivity contribution in [2.24, 2.45) is 5.73 Å². The summed E-state index contributed by atoms with van der Waals surface area (Å²) in [5.74, 6) is 0.728. The lowest BCUT2D eigenvalue weighted by atomic mass is 10.1. The number of benzene rings is 1. The Morgan fingerprint density at radius 2 is 1.94 bits per heavy atom. The van der Waals surface area contributed by atoms with Crippen molar-refractivity contribution < 1.29 is 0 Å². The summed E-state index contributed by atoms with van der Waals surface area (Å²) < 4.78 is 1.06. The second-order valence-corrected chi connectivity index (χ2v) is 4.85. The molecule has 1 heterocycles. The Labute approximate surface area is 109 Å². The fourth-order valence-electron chi connectivity index (χ4n) is 1.60. The summed E-state index contributed by atoms with van der Waals surface area (Å²) >= 11 is 3.52. The Morgan fingerprint density at radius 1 is 1.18 bits per heavy atom. The third-order valence-electron chi connectivity index (χ3n) is 2.55. The molecule has 1 aromatic heterocycles. The van der Waals surface area contributed by atoms with E-state index in [0.717, 1.165) is 27.2 Å². The van der Waals surface area contributed by atoms with Gasteiger partial charge in [0.15, 0.2) is 5.82 Å². The van der Waals surface area contributed by atoms with Gasteiger partial charge in [0.1, 0.15) is 0 Å². The minimum Gasteiger partial charge on any atom is -0.325 e. The first-order valence-corrected chi connectivity index (χ1v) is 6.20. The highest BCUT2D eigenvalue weighted by Crippen LogP contribution is 2.23. The van der Waals surface area contributed by atoms with Crippen molar-refractivity contribution >= 4 is 15.9 Å². The SMILES string of the molecule is Cc1cc(CN)nc(-c2ccc(C)c(Br)c2)n1. The van der Waals surface area contributed by atoms with Crippen molar-refractivity contribution in [1.29, 1.82) is 0 Å². The zero-order valence-electron chi connectivity index (χ0n) is 9.87. The van der Waals surface area contributed by atoms with Crippen LogP contribution < -0.4 is 5.73 Å². The average molecular weight is 292 g/mol. The summed E-state index contributed by atoms with van der Waals surface area (Å²) in [6, 6.07) is 8.01. The summed E-state index contributed by atoms with van der Waals surface area (Å²) in [7, 11) is 0. The molecule has 0 amide bonds. The second-order valence-electron chi connectivity index (χ2n) is 3.99. The molecule has 0 atom stereocenters. The second kappa shape index (κ2) is 4.94. The molecule has 0 aliphatic carbocycles. The van der Waals surface area contributed by atoms with Crippen molar-refractivity contribution in [1.82, 2.24) is 9.97 Å². The van der Waals surface area contributed by atoms with Crippen LogP contribution in [0.5, 0.6) is 0 Å². The van der Waals surface area contributed by atoms with Gasteiger partial charge in [0.25, 0.3) is 0 Å². The molecule has 0 spiro atoms. The number of nitrogens with two attached hydrogens (primary N) is 1. The molecule has 0 saturated carbocycles. The molecule has 3 nitrogen and oxygen atoms in total. The normalized spacial score (nSPS) is 10.6. The molecule has 0 fully saturated rings. The van der Waals surface area contributed by atoms with Crippen molar-refractivity contribution in [3.05, 3.63) is 45.7 Å². The number of hydrogen-bond acceptors (Lipinski definition) is 3. The van der Waals surface area contributed by atoms with E-state index in [-0.39, 0.29) is 0 Å². The van der Waals surface area contributed by atoms with Crippen molar-refractivity contribution in [2.75, 3.05) is 0 Å². The van der Waals surface area contributed by atoms with Crippen LogP contribution in [0.4, 0.5) is 0 Å². The number of halogens is 1. The van der Waals surface area contributed by atoms with Crippen LogP contribution in [-0.4, -0.2) is 9.97 Å². The first-order valence-electron chi connectivity index (χ1n) is 5.41. The van der Waals surface area contributed by atoms with Crippen LogP contribution in [0.1, 0.15) is 17.0 Å². The molecule has 4 heteroatoms. The quantitative estimate of drug-likeness (QED) is 0.925. The van der Waals surface area contributed by atoms with Crippen LogP contribution in [-0.2, 0) is 6.54 Å². The predicted octanol–water partition coefficient (Wildman–Crippen LogP) is 2.98. The lowest BCUT2D eigenvalue weighted by Gasteiger charge is -2.06. The molecule has 2 rings (SSSR count). The lowest BCUT2D eigenvalue weighted by Crippen LogP contribution is -2.03. The van der Waals surface area contributed by atoms with Gasteiger partial charge in [0.05, 0.1) is 5.69 Å². The molecule has 0 radical (unpaired) electrons. The monoisotopic (exact) mass is 291 g/mol. The van der Waals surface area contributed by atoms with E-state index in [1.54, 1.807) is 0 Å². The highest BCUT2D eigenvalue weighted by Gasteiger charge is 2.05. The molecule has 0 unspecified atom stereocenters. The maximum Gasteiger partial charge on any atom is 0.159 e. The van der Waals surface area contributed by atoms with Crippen LogP contribution in [0.3, 0.4) is 0 Å². The molecule has 0 saturated heterocycles.